The van der Waals surface area contributed by atoms with Crippen LogP contribution < -0.4 is 26.5 Å². The predicted molar refractivity (Wildman–Crippen MR) is 139 cm³/mol. The van der Waals surface area contributed by atoms with E-state index in [-0.39, 0.29) is 5.75 Å². The standard InChI is InChI=1S/C30H25OP/c31-25-21-23-30(24-22-25)32(26-13-5-1-6-14-26,27-15-7-2-8-16-27,28-17-9-3-10-18-28)29-19-11-4-12-20-29/h1-24,31H. The molecule has 0 heterocycles. The maximum absolute atomic E-state index is 10.2. The zero-order chi connectivity index (χ0) is 21.9. The maximum atomic E-state index is 10.2. The molecule has 1 N–H and O–H groups in total. The Morgan fingerprint density at radius 3 is 0.844 bits per heavy atom. The van der Waals surface area contributed by atoms with Gasteiger partial charge >= 0.3 is 190 Å². The first kappa shape index (κ1) is 20.2. The zero-order valence-electron chi connectivity index (χ0n) is 17.8. The topological polar surface area (TPSA) is 20.2 Å². The Balaban J connectivity index is 2.13. The van der Waals surface area contributed by atoms with Crippen molar-refractivity contribution in [3.8, 4) is 5.75 Å². The second-order valence-corrected chi connectivity index (χ2v) is 12.8. The fourth-order valence-corrected chi connectivity index (χ4v) is 11.9. The van der Waals surface area contributed by atoms with Crippen LogP contribution in [0.3, 0.4) is 0 Å². The van der Waals surface area contributed by atoms with Gasteiger partial charge in [0.15, 0.2) is 0 Å². The second-order valence-electron chi connectivity index (χ2n) is 7.98. The first-order chi connectivity index (χ1) is 15.8. The summed E-state index contributed by atoms with van der Waals surface area (Å²) in [5, 5.41) is 16.5. The molecule has 0 saturated heterocycles. The third-order valence-corrected chi connectivity index (χ3v) is 13.1. The van der Waals surface area contributed by atoms with Gasteiger partial charge in [0.25, 0.3) is 0 Å². The van der Waals surface area contributed by atoms with Gasteiger partial charge < -0.3 is 0 Å². The Hall–Kier alpha value is -3.67. The van der Waals surface area contributed by atoms with E-state index >= 15 is 0 Å². The van der Waals surface area contributed by atoms with Crippen LogP contribution in [0.1, 0.15) is 0 Å². The van der Waals surface area contributed by atoms with Crippen LogP contribution in [0.25, 0.3) is 0 Å². The van der Waals surface area contributed by atoms with Gasteiger partial charge in [0, 0.05) is 0 Å². The third kappa shape index (κ3) is 2.75. The summed E-state index contributed by atoms with van der Waals surface area (Å²) in [4.78, 5) is 0. The molecule has 0 fully saturated rings. The molecule has 0 radical (unpaired) electrons. The Bertz CT molecular complexity index is 1130. The van der Waals surface area contributed by atoms with Gasteiger partial charge in [0.2, 0.25) is 0 Å². The van der Waals surface area contributed by atoms with Crippen molar-refractivity contribution in [1.82, 2.24) is 0 Å². The van der Waals surface area contributed by atoms with E-state index in [0.717, 1.165) is 0 Å². The van der Waals surface area contributed by atoms with Gasteiger partial charge in [-0.15, -0.1) is 0 Å². The number of hydrogen-bond donors (Lipinski definition) is 1. The summed E-state index contributed by atoms with van der Waals surface area (Å²) < 4.78 is 0. The summed E-state index contributed by atoms with van der Waals surface area (Å²) in [6, 6.07) is 51.3. The first-order valence-electron chi connectivity index (χ1n) is 10.8. The SMILES string of the molecule is Oc1ccc(P(c2ccccc2)(c2ccccc2)(c2ccccc2)c2ccccc2)cc1. The van der Waals surface area contributed by atoms with Crippen molar-refractivity contribution in [1.29, 1.82) is 0 Å². The molecule has 156 valence electrons. The van der Waals surface area contributed by atoms with Crippen LogP contribution in [0.2, 0.25) is 0 Å². The Morgan fingerprint density at radius 1 is 0.312 bits per heavy atom. The average Bonchev–Trinajstić information content (AvgIpc) is 2.89. The molecule has 32 heavy (non-hydrogen) atoms. The molecule has 0 aliphatic carbocycles. The molecular formula is C30H25OP. The Labute approximate surface area is 189 Å². The van der Waals surface area contributed by atoms with E-state index < -0.39 is 6.60 Å². The fourth-order valence-electron chi connectivity index (χ4n) is 5.15. The molecule has 0 bridgehead atoms. The van der Waals surface area contributed by atoms with Crippen LogP contribution in [0.15, 0.2) is 146 Å². The van der Waals surface area contributed by atoms with Gasteiger partial charge in [-0.3, -0.25) is 0 Å². The molecule has 5 aromatic carbocycles. The van der Waals surface area contributed by atoms with Gasteiger partial charge in [-0.2, -0.15) is 0 Å². The van der Waals surface area contributed by atoms with Crippen molar-refractivity contribution in [2.24, 2.45) is 0 Å². The van der Waals surface area contributed by atoms with Gasteiger partial charge in [-0.25, -0.2) is 0 Å². The summed E-state index contributed by atoms with van der Waals surface area (Å²) in [6.45, 7) is -3.39. The predicted octanol–water partition coefficient (Wildman–Crippen LogP) is 4.87. The summed E-state index contributed by atoms with van der Waals surface area (Å²) >= 11 is 0. The van der Waals surface area contributed by atoms with Crippen LogP contribution in [0.5, 0.6) is 5.75 Å². The molecule has 0 saturated carbocycles. The summed E-state index contributed by atoms with van der Waals surface area (Å²) in [5.74, 6) is 0.271. The number of phenolic OH excluding ortho intramolecular Hbond substituents is 1. The number of phenols is 1. The molecule has 0 aromatic heterocycles. The van der Waals surface area contributed by atoms with Crippen molar-refractivity contribution < 1.29 is 5.11 Å². The van der Waals surface area contributed by atoms with E-state index in [2.05, 4.69) is 133 Å². The molecule has 5 rings (SSSR count). The minimum atomic E-state index is -3.39. The van der Waals surface area contributed by atoms with Crippen molar-refractivity contribution in [3.63, 3.8) is 0 Å². The van der Waals surface area contributed by atoms with E-state index in [4.69, 9.17) is 0 Å². The van der Waals surface area contributed by atoms with E-state index in [1.165, 1.54) is 26.5 Å². The van der Waals surface area contributed by atoms with Crippen molar-refractivity contribution >= 4 is 33.1 Å². The third-order valence-electron chi connectivity index (χ3n) is 6.46. The number of rotatable bonds is 5. The summed E-state index contributed by atoms with van der Waals surface area (Å²) in [7, 11) is 0. The van der Waals surface area contributed by atoms with Crippen LogP contribution in [0, 0.1) is 0 Å². The molecule has 5 aromatic rings. The van der Waals surface area contributed by atoms with Crippen molar-refractivity contribution in [3.05, 3.63) is 146 Å². The van der Waals surface area contributed by atoms with Crippen LogP contribution in [-0.4, -0.2) is 5.11 Å². The number of benzene rings is 5. The molecule has 1 nitrogen and oxygen atoms in total. The van der Waals surface area contributed by atoms with Gasteiger partial charge in [-0.05, 0) is 0 Å². The van der Waals surface area contributed by atoms with Gasteiger partial charge in [0.1, 0.15) is 0 Å². The number of aromatic hydroxyl groups is 1. The fraction of sp³-hybridized carbons (Fsp3) is 0. The van der Waals surface area contributed by atoms with Crippen LogP contribution >= 0.6 is 6.60 Å². The van der Waals surface area contributed by atoms with E-state index in [1.807, 2.05) is 12.1 Å². The normalized spacial score (nSPS) is 12.6. The van der Waals surface area contributed by atoms with Crippen LogP contribution in [0.4, 0.5) is 0 Å². The molecule has 0 amide bonds. The molecular weight excluding hydrogens is 407 g/mol. The molecule has 2 heteroatoms. The van der Waals surface area contributed by atoms with E-state index in [9.17, 15) is 5.11 Å². The molecule has 0 aliphatic rings. The minimum absolute atomic E-state index is 0.271. The van der Waals surface area contributed by atoms with Crippen molar-refractivity contribution in [2.45, 2.75) is 0 Å². The number of hydrogen-bond acceptors (Lipinski definition) is 1. The quantitative estimate of drug-likeness (QED) is 0.393. The molecule has 0 spiro atoms. The van der Waals surface area contributed by atoms with Crippen molar-refractivity contribution in [2.75, 3.05) is 0 Å². The van der Waals surface area contributed by atoms with Gasteiger partial charge in [0.05, 0.1) is 0 Å². The van der Waals surface area contributed by atoms with Gasteiger partial charge in [-0.1, -0.05) is 0 Å². The van der Waals surface area contributed by atoms with Crippen LogP contribution in [-0.2, 0) is 0 Å². The summed E-state index contributed by atoms with van der Waals surface area (Å²) in [6.07, 6.45) is 0. The molecule has 0 unspecified atom stereocenters. The zero-order valence-corrected chi connectivity index (χ0v) is 18.6. The second kappa shape index (κ2) is 8.11. The molecule has 0 aliphatic heterocycles. The van der Waals surface area contributed by atoms with E-state index in [0.29, 0.717) is 0 Å². The van der Waals surface area contributed by atoms with E-state index in [1.54, 1.807) is 0 Å². The Kier molecular flexibility index (Phi) is 5.13. The first-order valence-corrected chi connectivity index (χ1v) is 13.0. The Morgan fingerprint density at radius 2 is 0.562 bits per heavy atom. The summed E-state index contributed by atoms with van der Waals surface area (Å²) in [5.41, 5.74) is 0. The monoisotopic (exact) mass is 432 g/mol. The molecule has 0 atom stereocenters. The average molecular weight is 433 g/mol.